The standard InChI is InChI=1S/C23H21N3O5/c1-24(15-13-17-8-3-2-4-9-17)23(29)21(25-14-6-5-12-20(25)27)22(28)18-10-7-11-19(16-18)26(30)31/h2-12,14,16,21H,13,15H2,1H3. The summed E-state index contributed by atoms with van der Waals surface area (Å²) in [6.07, 6.45) is 1.94. The lowest BCUT2D eigenvalue weighted by atomic mass is 10.0. The van der Waals surface area contributed by atoms with Gasteiger partial charge in [-0.2, -0.15) is 0 Å². The lowest BCUT2D eigenvalue weighted by molar-refractivity contribution is -0.384. The molecule has 0 aliphatic rings. The Morgan fingerprint density at radius 2 is 1.74 bits per heavy atom. The number of nitro benzene ring substituents is 1. The van der Waals surface area contributed by atoms with Crippen molar-refractivity contribution in [1.29, 1.82) is 0 Å². The number of nitrogens with zero attached hydrogens (tertiary/aromatic N) is 3. The highest BCUT2D eigenvalue weighted by Crippen LogP contribution is 2.20. The molecule has 8 nitrogen and oxygen atoms in total. The average Bonchev–Trinajstić information content (AvgIpc) is 2.79. The Morgan fingerprint density at radius 3 is 2.42 bits per heavy atom. The Kier molecular flexibility index (Phi) is 6.71. The lowest BCUT2D eigenvalue weighted by Crippen LogP contribution is -2.42. The molecule has 0 spiro atoms. The van der Waals surface area contributed by atoms with Gasteiger partial charge in [-0.05, 0) is 18.1 Å². The number of amides is 1. The van der Waals surface area contributed by atoms with Crippen LogP contribution in [0.2, 0.25) is 0 Å². The molecule has 3 rings (SSSR count). The first-order chi connectivity index (χ1) is 14.9. The fourth-order valence-corrected chi connectivity index (χ4v) is 3.20. The van der Waals surface area contributed by atoms with Gasteiger partial charge in [0.15, 0.2) is 11.8 Å². The highest BCUT2D eigenvalue weighted by molar-refractivity contribution is 6.12. The van der Waals surface area contributed by atoms with Gasteiger partial charge in [0, 0.05) is 43.6 Å². The molecule has 2 aromatic carbocycles. The smallest absolute Gasteiger partial charge is 0.270 e. The van der Waals surface area contributed by atoms with Crippen LogP contribution in [-0.4, -0.2) is 39.7 Å². The predicted molar refractivity (Wildman–Crippen MR) is 115 cm³/mol. The first-order valence-corrected chi connectivity index (χ1v) is 9.63. The number of aromatic nitrogens is 1. The van der Waals surface area contributed by atoms with E-state index in [4.69, 9.17) is 0 Å². The Labute approximate surface area is 178 Å². The molecular weight excluding hydrogens is 398 g/mol. The van der Waals surface area contributed by atoms with Gasteiger partial charge in [0.1, 0.15) is 0 Å². The van der Waals surface area contributed by atoms with Crippen molar-refractivity contribution in [3.63, 3.8) is 0 Å². The summed E-state index contributed by atoms with van der Waals surface area (Å²) in [5.41, 5.74) is 0.228. The van der Waals surface area contributed by atoms with Gasteiger partial charge in [-0.3, -0.25) is 29.1 Å². The van der Waals surface area contributed by atoms with Gasteiger partial charge in [0.05, 0.1) is 4.92 Å². The van der Waals surface area contributed by atoms with Gasteiger partial charge in [-0.15, -0.1) is 0 Å². The summed E-state index contributed by atoms with van der Waals surface area (Å²) >= 11 is 0. The predicted octanol–water partition coefficient (Wildman–Crippen LogP) is 2.88. The van der Waals surface area contributed by atoms with Crippen LogP contribution in [0.4, 0.5) is 5.69 Å². The first-order valence-electron chi connectivity index (χ1n) is 9.63. The molecule has 0 radical (unpaired) electrons. The van der Waals surface area contributed by atoms with Crippen LogP contribution in [0.1, 0.15) is 22.0 Å². The molecule has 1 atom stereocenters. The zero-order valence-corrected chi connectivity index (χ0v) is 16.9. The van der Waals surface area contributed by atoms with E-state index in [1.807, 2.05) is 30.3 Å². The number of non-ortho nitro benzene ring substituents is 1. The van der Waals surface area contributed by atoms with E-state index in [-0.39, 0.29) is 11.3 Å². The maximum Gasteiger partial charge on any atom is 0.270 e. The zero-order valence-electron chi connectivity index (χ0n) is 16.9. The Morgan fingerprint density at radius 1 is 1.03 bits per heavy atom. The fraction of sp³-hybridized carbons (Fsp3) is 0.174. The third kappa shape index (κ3) is 5.11. The normalized spacial score (nSPS) is 11.5. The summed E-state index contributed by atoms with van der Waals surface area (Å²) in [7, 11) is 1.56. The van der Waals surface area contributed by atoms with E-state index in [1.54, 1.807) is 13.1 Å². The number of Topliss-reactive ketones (excluding diaryl/α,β-unsaturated/α-hetero) is 1. The number of carbonyl (C=O) groups is 2. The van der Waals surface area contributed by atoms with E-state index in [1.165, 1.54) is 41.4 Å². The zero-order chi connectivity index (χ0) is 22.4. The summed E-state index contributed by atoms with van der Waals surface area (Å²) in [5.74, 6) is -1.26. The molecule has 31 heavy (non-hydrogen) atoms. The molecule has 0 saturated carbocycles. The highest BCUT2D eigenvalue weighted by Gasteiger charge is 2.32. The number of likely N-dealkylation sites (N-methyl/N-ethyl adjacent to an activating group) is 1. The third-order valence-electron chi connectivity index (χ3n) is 4.91. The van der Waals surface area contributed by atoms with Crippen LogP contribution in [0.15, 0.2) is 83.8 Å². The third-order valence-corrected chi connectivity index (χ3v) is 4.91. The maximum atomic E-state index is 13.3. The van der Waals surface area contributed by atoms with Gasteiger partial charge in [0.25, 0.3) is 17.2 Å². The number of nitro groups is 1. The second-order valence-corrected chi connectivity index (χ2v) is 7.02. The molecular formula is C23H21N3O5. The number of rotatable bonds is 8. The number of carbonyl (C=O) groups excluding carboxylic acids is 2. The quantitative estimate of drug-likeness (QED) is 0.242. The number of benzene rings is 2. The van der Waals surface area contributed by atoms with Crippen molar-refractivity contribution in [2.24, 2.45) is 0 Å². The van der Waals surface area contributed by atoms with Gasteiger partial charge in [-0.1, -0.05) is 48.5 Å². The topological polar surface area (TPSA) is 103 Å². The second-order valence-electron chi connectivity index (χ2n) is 7.02. The number of hydrogen-bond donors (Lipinski definition) is 0. The Balaban J connectivity index is 1.93. The van der Waals surface area contributed by atoms with Crippen LogP contribution in [0.25, 0.3) is 0 Å². The van der Waals surface area contributed by atoms with E-state index in [2.05, 4.69) is 0 Å². The number of hydrogen-bond acceptors (Lipinski definition) is 5. The fourth-order valence-electron chi connectivity index (χ4n) is 3.20. The molecule has 0 saturated heterocycles. The van der Waals surface area contributed by atoms with E-state index in [0.29, 0.717) is 13.0 Å². The minimum Gasteiger partial charge on any atom is -0.343 e. The molecule has 0 aliphatic heterocycles. The molecule has 158 valence electrons. The highest BCUT2D eigenvalue weighted by atomic mass is 16.6. The van der Waals surface area contributed by atoms with Gasteiger partial charge in [0.2, 0.25) is 0 Å². The largest absolute Gasteiger partial charge is 0.343 e. The molecule has 1 amide bonds. The maximum absolute atomic E-state index is 13.3. The van der Waals surface area contributed by atoms with Gasteiger partial charge in [-0.25, -0.2) is 0 Å². The van der Waals surface area contributed by atoms with Gasteiger partial charge < -0.3 is 4.90 Å². The molecule has 1 unspecified atom stereocenters. The van der Waals surface area contributed by atoms with Crippen molar-refractivity contribution in [3.05, 3.63) is 111 Å². The second kappa shape index (κ2) is 9.62. The Hall–Kier alpha value is -4.07. The summed E-state index contributed by atoms with van der Waals surface area (Å²) in [6, 6.07) is 17.6. The summed E-state index contributed by atoms with van der Waals surface area (Å²) in [6.45, 7) is 0.336. The number of ketones is 1. The van der Waals surface area contributed by atoms with E-state index < -0.39 is 28.2 Å². The van der Waals surface area contributed by atoms with Crippen LogP contribution in [-0.2, 0) is 11.2 Å². The van der Waals surface area contributed by atoms with Crippen molar-refractivity contribution in [1.82, 2.24) is 9.47 Å². The van der Waals surface area contributed by atoms with E-state index in [9.17, 15) is 24.5 Å². The minimum atomic E-state index is -1.46. The molecule has 0 N–H and O–H groups in total. The number of pyridine rings is 1. The monoisotopic (exact) mass is 419 g/mol. The van der Waals surface area contributed by atoms with Crippen molar-refractivity contribution in [2.75, 3.05) is 13.6 Å². The van der Waals surface area contributed by atoms with Crippen molar-refractivity contribution < 1.29 is 14.5 Å². The van der Waals surface area contributed by atoms with Crippen LogP contribution in [0.5, 0.6) is 0 Å². The van der Waals surface area contributed by atoms with Crippen LogP contribution in [0.3, 0.4) is 0 Å². The van der Waals surface area contributed by atoms with E-state index >= 15 is 0 Å². The molecule has 0 aliphatic carbocycles. The van der Waals surface area contributed by atoms with Crippen LogP contribution >= 0.6 is 0 Å². The molecule has 1 heterocycles. The summed E-state index contributed by atoms with van der Waals surface area (Å²) in [4.78, 5) is 50.8. The van der Waals surface area contributed by atoms with Crippen LogP contribution in [0, 0.1) is 10.1 Å². The minimum absolute atomic E-state index is 0.0141. The SMILES string of the molecule is CN(CCc1ccccc1)C(=O)C(C(=O)c1cccc([N+](=O)[O-])c1)n1ccccc1=O. The van der Waals surface area contributed by atoms with Crippen molar-refractivity contribution in [3.8, 4) is 0 Å². The van der Waals surface area contributed by atoms with Crippen LogP contribution < -0.4 is 5.56 Å². The van der Waals surface area contributed by atoms with Crippen molar-refractivity contribution in [2.45, 2.75) is 12.5 Å². The summed E-state index contributed by atoms with van der Waals surface area (Å²) < 4.78 is 1.06. The molecule has 0 fully saturated rings. The first kappa shape index (κ1) is 21.6. The van der Waals surface area contributed by atoms with Gasteiger partial charge >= 0.3 is 0 Å². The summed E-state index contributed by atoms with van der Waals surface area (Å²) in [5, 5.41) is 11.1. The van der Waals surface area contributed by atoms with E-state index in [0.717, 1.165) is 16.2 Å². The molecule has 0 bridgehead atoms. The lowest BCUT2D eigenvalue weighted by Gasteiger charge is -2.24. The molecule has 8 heteroatoms. The van der Waals surface area contributed by atoms with Crippen molar-refractivity contribution >= 4 is 17.4 Å². The average molecular weight is 419 g/mol. The molecule has 1 aromatic heterocycles. The molecule has 3 aromatic rings. The Bertz CT molecular complexity index is 1160.